The minimum absolute atomic E-state index is 0.0131. The normalized spacial score (nSPS) is 10.7. The number of benzene rings is 2. The quantitative estimate of drug-likeness (QED) is 0.722. The number of fused-ring (bicyclic) bond motifs is 1. The number of aromatic amines is 1. The average molecular weight is 347 g/mol. The van der Waals surface area contributed by atoms with E-state index in [0.717, 1.165) is 5.56 Å². The number of aromatic nitrogens is 1. The van der Waals surface area contributed by atoms with Gasteiger partial charge in [-0.25, -0.2) is 0 Å². The van der Waals surface area contributed by atoms with Crippen LogP contribution in [0, 0.1) is 6.92 Å². The lowest BCUT2D eigenvalue weighted by Gasteiger charge is -2.09. The lowest BCUT2D eigenvalue weighted by Crippen LogP contribution is -2.22. The first-order chi connectivity index (χ1) is 11.0. The molecule has 0 saturated carbocycles. The predicted molar refractivity (Wildman–Crippen MR) is 93.7 cm³/mol. The second-order valence-corrected chi connectivity index (χ2v) is 5.87. The van der Waals surface area contributed by atoms with Gasteiger partial charge in [-0.3, -0.25) is 9.59 Å². The van der Waals surface area contributed by atoms with Crippen molar-refractivity contribution in [1.82, 2.24) is 4.98 Å². The van der Waals surface area contributed by atoms with Gasteiger partial charge in [0.15, 0.2) is 0 Å². The fourth-order valence-electron chi connectivity index (χ4n) is 2.34. The zero-order valence-corrected chi connectivity index (χ0v) is 13.6. The molecule has 0 radical (unpaired) electrons. The van der Waals surface area contributed by atoms with Gasteiger partial charge in [0.05, 0.1) is 16.2 Å². The van der Waals surface area contributed by atoms with Crippen molar-refractivity contribution in [2.75, 3.05) is 5.32 Å². The van der Waals surface area contributed by atoms with E-state index in [-0.39, 0.29) is 11.0 Å². The minimum Gasteiger partial charge on any atom is -0.360 e. The number of carbonyl (C=O) groups excluding carboxylic acids is 1. The van der Waals surface area contributed by atoms with Gasteiger partial charge in [-0.15, -0.1) is 0 Å². The van der Waals surface area contributed by atoms with Gasteiger partial charge in [-0.05, 0) is 36.8 Å². The summed E-state index contributed by atoms with van der Waals surface area (Å²) in [5, 5.41) is 4.02. The molecular formula is C17H12Cl2N2O2. The number of anilines is 1. The molecule has 2 N–H and O–H groups in total. The molecule has 0 aliphatic heterocycles. The maximum atomic E-state index is 12.6. The highest BCUT2D eigenvalue weighted by Crippen LogP contribution is 2.23. The molecule has 1 amide bonds. The number of aryl methyl sites for hydroxylation is 1. The Morgan fingerprint density at radius 3 is 2.57 bits per heavy atom. The Morgan fingerprint density at radius 2 is 1.83 bits per heavy atom. The van der Waals surface area contributed by atoms with E-state index in [0.29, 0.717) is 26.6 Å². The number of halogens is 2. The summed E-state index contributed by atoms with van der Waals surface area (Å²) in [5.41, 5.74) is 1.49. The summed E-state index contributed by atoms with van der Waals surface area (Å²) in [6.45, 7) is 1.81. The van der Waals surface area contributed by atoms with Crippen LogP contribution in [0.25, 0.3) is 10.9 Å². The molecule has 2 aromatic carbocycles. The van der Waals surface area contributed by atoms with E-state index >= 15 is 0 Å². The average Bonchev–Trinajstić information content (AvgIpc) is 2.53. The number of nitrogens with one attached hydrogen (secondary N) is 2. The van der Waals surface area contributed by atoms with E-state index in [4.69, 9.17) is 23.2 Å². The van der Waals surface area contributed by atoms with Gasteiger partial charge >= 0.3 is 0 Å². The largest absolute Gasteiger partial charge is 0.360 e. The van der Waals surface area contributed by atoms with Crippen molar-refractivity contribution in [3.05, 3.63) is 74.0 Å². The molecule has 1 heterocycles. The minimum atomic E-state index is -0.520. The molecule has 0 bridgehead atoms. The Balaban J connectivity index is 2.05. The summed E-state index contributed by atoms with van der Waals surface area (Å²) < 4.78 is 0. The molecule has 0 spiro atoms. The number of rotatable bonds is 2. The van der Waals surface area contributed by atoms with Gasteiger partial charge in [0.25, 0.3) is 5.91 Å². The molecule has 0 saturated heterocycles. The Bertz CT molecular complexity index is 980. The fraction of sp³-hybridized carbons (Fsp3) is 0.0588. The van der Waals surface area contributed by atoms with Crippen LogP contribution in [0.5, 0.6) is 0 Å². The van der Waals surface area contributed by atoms with Crippen molar-refractivity contribution in [1.29, 1.82) is 0 Å². The zero-order chi connectivity index (χ0) is 16.6. The number of hydrogen-bond acceptors (Lipinski definition) is 2. The van der Waals surface area contributed by atoms with Crippen LogP contribution in [-0.2, 0) is 0 Å². The second kappa shape index (κ2) is 6.07. The molecule has 0 aliphatic rings. The molecule has 3 aromatic rings. The van der Waals surface area contributed by atoms with Gasteiger partial charge in [0.1, 0.15) is 5.56 Å². The maximum Gasteiger partial charge on any atom is 0.261 e. The number of hydrogen-bond donors (Lipinski definition) is 2. The highest BCUT2D eigenvalue weighted by atomic mass is 35.5. The van der Waals surface area contributed by atoms with Crippen molar-refractivity contribution in [2.24, 2.45) is 0 Å². The highest BCUT2D eigenvalue weighted by Gasteiger charge is 2.15. The van der Waals surface area contributed by atoms with Gasteiger partial charge in [0, 0.05) is 16.6 Å². The van der Waals surface area contributed by atoms with Crippen molar-refractivity contribution in [3.8, 4) is 0 Å². The van der Waals surface area contributed by atoms with Gasteiger partial charge in [-0.1, -0.05) is 35.3 Å². The summed E-state index contributed by atoms with van der Waals surface area (Å²) in [6.07, 6.45) is 1.39. The first-order valence-electron chi connectivity index (χ1n) is 6.85. The van der Waals surface area contributed by atoms with E-state index in [1.54, 1.807) is 36.4 Å². The first kappa shape index (κ1) is 15.6. The standard InChI is InChI=1S/C17H12Cl2N2O2/c1-9-12(18)7-6-10-15(9)20-8-11(16(10)22)17(23)21-14-5-3-2-4-13(14)19/h2-8H,1H3,(H,20,22)(H,21,23). The van der Waals surface area contributed by atoms with Crippen LogP contribution in [0.2, 0.25) is 10.0 Å². The molecule has 116 valence electrons. The van der Waals surface area contributed by atoms with Crippen LogP contribution >= 0.6 is 23.2 Å². The van der Waals surface area contributed by atoms with Crippen LogP contribution < -0.4 is 10.7 Å². The van der Waals surface area contributed by atoms with E-state index in [1.807, 2.05) is 6.92 Å². The lowest BCUT2D eigenvalue weighted by molar-refractivity contribution is 0.102. The number of H-pyrrole nitrogens is 1. The molecule has 4 nitrogen and oxygen atoms in total. The maximum absolute atomic E-state index is 12.6. The molecule has 3 rings (SSSR count). The van der Waals surface area contributed by atoms with Crippen molar-refractivity contribution in [3.63, 3.8) is 0 Å². The summed E-state index contributed by atoms with van der Waals surface area (Å²) in [7, 11) is 0. The molecule has 6 heteroatoms. The van der Waals surface area contributed by atoms with Crippen LogP contribution in [0.15, 0.2) is 47.4 Å². The molecule has 0 aliphatic carbocycles. The third-order valence-electron chi connectivity index (χ3n) is 3.62. The monoisotopic (exact) mass is 346 g/mol. The SMILES string of the molecule is Cc1c(Cl)ccc2c(=O)c(C(=O)Nc3ccccc3Cl)c[nH]c12. The lowest BCUT2D eigenvalue weighted by atomic mass is 10.1. The van der Waals surface area contributed by atoms with Crippen molar-refractivity contribution in [2.45, 2.75) is 6.92 Å². The van der Waals surface area contributed by atoms with Crippen molar-refractivity contribution < 1.29 is 4.79 Å². The first-order valence-corrected chi connectivity index (χ1v) is 7.61. The third-order valence-corrected chi connectivity index (χ3v) is 4.35. The molecule has 0 atom stereocenters. The smallest absolute Gasteiger partial charge is 0.261 e. The van der Waals surface area contributed by atoms with Crippen molar-refractivity contribution >= 4 is 45.7 Å². The molecular weight excluding hydrogens is 335 g/mol. The van der Waals surface area contributed by atoms with E-state index < -0.39 is 5.91 Å². The predicted octanol–water partition coefficient (Wildman–Crippen LogP) is 4.40. The van der Waals surface area contributed by atoms with Crippen LogP contribution in [-0.4, -0.2) is 10.9 Å². The van der Waals surface area contributed by atoms with Gasteiger partial charge in [0.2, 0.25) is 5.43 Å². The Labute approximate surface area is 142 Å². The summed E-state index contributed by atoms with van der Waals surface area (Å²) in [5.74, 6) is -0.520. The van der Waals surface area contributed by atoms with E-state index in [9.17, 15) is 9.59 Å². The Morgan fingerprint density at radius 1 is 1.09 bits per heavy atom. The number of amides is 1. The Kier molecular flexibility index (Phi) is 4.11. The van der Waals surface area contributed by atoms with Gasteiger partial charge < -0.3 is 10.3 Å². The second-order valence-electron chi connectivity index (χ2n) is 5.06. The van der Waals surface area contributed by atoms with Gasteiger partial charge in [-0.2, -0.15) is 0 Å². The number of para-hydroxylation sites is 1. The molecule has 1 aromatic heterocycles. The van der Waals surface area contributed by atoms with E-state index in [2.05, 4.69) is 10.3 Å². The number of carbonyl (C=O) groups is 1. The summed E-state index contributed by atoms with van der Waals surface area (Å²) >= 11 is 12.1. The Hall–Kier alpha value is -2.30. The molecule has 0 fully saturated rings. The highest BCUT2D eigenvalue weighted by molar-refractivity contribution is 6.34. The van der Waals surface area contributed by atoms with Crippen LogP contribution in [0.3, 0.4) is 0 Å². The number of pyridine rings is 1. The topological polar surface area (TPSA) is 62.0 Å². The zero-order valence-electron chi connectivity index (χ0n) is 12.1. The summed E-state index contributed by atoms with van der Waals surface area (Å²) in [6, 6.07) is 10.1. The summed E-state index contributed by atoms with van der Waals surface area (Å²) in [4.78, 5) is 27.9. The molecule has 0 unspecified atom stereocenters. The van der Waals surface area contributed by atoms with E-state index in [1.165, 1.54) is 6.20 Å². The third kappa shape index (κ3) is 2.83. The fourth-order valence-corrected chi connectivity index (χ4v) is 2.68. The van der Waals surface area contributed by atoms with Crippen LogP contribution in [0.1, 0.15) is 15.9 Å². The molecule has 23 heavy (non-hydrogen) atoms. The van der Waals surface area contributed by atoms with Crippen LogP contribution in [0.4, 0.5) is 5.69 Å².